The van der Waals surface area contributed by atoms with Crippen molar-refractivity contribution in [3.05, 3.63) is 52.8 Å². The lowest BCUT2D eigenvalue weighted by Gasteiger charge is -2.32. The standard InChI is InChI=1S/C26H31FN2O3S/c1-3-29-10-4-5-16(14-29)11-17-12-19(27)6-9-23(17)33-28-22-8-7-20-21-13-18(21)15-32-25(20)24(22)26(30)31-2/h6-9,12,16,18,21,28H,3-5,10-11,13-15H2,1-2H3. The van der Waals surface area contributed by atoms with Gasteiger partial charge >= 0.3 is 5.97 Å². The van der Waals surface area contributed by atoms with Crippen LogP contribution in [0.4, 0.5) is 10.1 Å². The molecular formula is C26H31FN2O3S. The number of methoxy groups -OCH3 is 1. The number of nitrogens with one attached hydrogen (secondary N) is 1. The van der Waals surface area contributed by atoms with Gasteiger partial charge in [-0.05, 0) is 97.9 Å². The molecule has 5 nitrogen and oxygen atoms in total. The number of fused-ring (bicyclic) bond motifs is 3. The summed E-state index contributed by atoms with van der Waals surface area (Å²) >= 11 is 1.41. The number of hydrogen-bond acceptors (Lipinski definition) is 6. The summed E-state index contributed by atoms with van der Waals surface area (Å²) in [4.78, 5) is 16.1. The topological polar surface area (TPSA) is 50.8 Å². The van der Waals surface area contributed by atoms with Gasteiger partial charge in [-0.2, -0.15) is 0 Å². The Morgan fingerprint density at radius 1 is 1.33 bits per heavy atom. The molecule has 3 aliphatic rings. The lowest BCUT2D eigenvalue weighted by Crippen LogP contribution is -2.36. The summed E-state index contributed by atoms with van der Waals surface area (Å²) in [5, 5.41) is 0. The number of rotatable bonds is 7. The first-order chi connectivity index (χ1) is 16.1. The Morgan fingerprint density at radius 2 is 2.21 bits per heavy atom. The average Bonchev–Trinajstić information content (AvgIpc) is 3.63. The summed E-state index contributed by atoms with van der Waals surface area (Å²) in [5.74, 6) is 1.60. The average molecular weight is 471 g/mol. The number of piperidine rings is 1. The number of likely N-dealkylation sites (tertiary alicyclic amines) is 1. The molecule has 3 unspecified atom stereocenters. The Bertz CT molecular complexity index is 1050. The molecule has 7 heteroatoms. The molecule has 1 N–H and O–H groups in total. The Hall–Kier alpha value is -2.25. The molecule has 0 spiro atoms. The summed E-state index contributed by atoms with van der Waals surface area (Å²) in [7, 11) is 1.39. The van der Waals surface area contributed by atoms with Crippen LogP contribution in [-0.2, 0) is 11.2 Å². The fourth-order valence-electron chi connectivity index (χ4n) is 5.27. The summed E-state index contributed by atoms with van der Waals surface area (Å²) in [6, 6.07) is 8.97. The molecule has 2 heterocycles. The number of esters is 1. The van der Waals surface area contributed by atoms with Crippen LogP contribution in [0.3, 0.4) is 0 Å². The third-order valence-corrected chi connectivity index (χ3v) is 8.13. The van der Waals surface area contributed by atoms with Gasteiger partial charge < -0.3 is 19.1 Å². The molecule has 0 bridgehead atoms. The summed E-state index contributed by atoms with van der Waals surface area (Å²) in [5.41, 5.74) is 3.21. The maximum Gasteiger partial charge on any atom is 0.343 e. The van der Waals surface area contributed by atoms with Crippen molar-refractivity contribution < 1.29 is 18.7 Å². The van der Waals surface area contributed by atoms with Gasteiger partial charge in [0.15, 0.2) is 0 Å². The summed E-state index contributed by atoms with van der Waals surface area (Å²) in [6.45, 7) is 6.11. The van der Waals surface area contributed by atoms with E-state index >= 15 is 0 Å². The highest BCUT2D eigenvalue weighted by molar-refractivity contribution is 8.00. The predicted octanol–water partition coefficient (Wildman–Crippen LogP) is 5.50. The second-order valence-corrected chi connectivity index (χ2v) is 10.2. The van der Waals surface area contributed by atoms with Crippen LogP contribution < -0.4 is 9.46 Å². The first-order valence-electron chi connectivity index (χ1n) is 11.9. The number of halogens is 1. The number of benzene rings is 2. The van der Waals surface area contributed by atoms with E-state index in [1.54, 1.807) is 6.07 Å². The van der Waals surface area contributed by atoms with E-state index in [-0.39, 0.29) is 5.82 Å². The number of nitrogens with zero attached hydrogens (tertiary/aromatic N) is 1. The molecule has 0 amide bonds. The minimum Gasteiger partial charge on any atom is -0.492 e. The first-order valence-corrected chi connectivity index (χ1v) is 12.7. The van der Waals surface area contributed by atoms with Gasteiger partial charge in [-0.15, -0.1) is 0 Å². The fraction of sp³-hybridized carbons (Fsp3) is 0.500. The van der Waals surface area contributed by atoms with Gasteiger partial charge in [-0.25, -0.2) is 9.18 Å². The summed E-state index contributed by atoms with van der Waals surface area (Å²) < 4.78 is 28.5. The minimum atomic E-state index is -0.407. The molecule has 5 rings (SSSR count). The van der Waals surface area contributed by atoms with Crippen LogP contribution in [0.15, 0.2) is 35.2 Å². The largest absolute Gasteiger partial charge is 0.492 e. The maximum absolute atomic E-state index is 14.1. The quantitative estimate of drug-likeness (QED) is 0.426. The van der Waals surface area contributed by atoms with E-state index < -0.39 is 5.97 Å². The smallest absolute Gasteiger partial charge is 0.343 e. The van der Waals surface area contributed by atoms with Crippen LogP contribution in [0, 0.1) is 17.7 Å². The third-order valence-electron chi connectivity index (χ3n) is 7.19. The Labute approximate surface area is 199 Å². The number of anilines is 1. The van der Waals surface area contributed by atoms with E-state index in [1.165, 1.54) is 38.0 Å². The van der Waals surface area contributed by atoms with Gasteiger partial charge in [0.2, 0.25) is 0 Å². The lowest BCUT2D eigenvalue weighted by molar-refractivity contribution is 0.0596. The van der Waals surface area contributed by atoms with Crippen molar-refractivity contribution in [3.8, 4) is 5.75 Å². The molecule has 1 aliphatic carbocycles. The second-order valence-electron chi connectivity index (χ2n) is 9.37. The van der Waals surface area contributed by atoms with E-state index in [2.05, 4.69) is 22.6 Å². The highest BCUT2D eigenvalue weighted by atomic mass is 32.2. The number of carbonyl (C=O) groups excluding carboxylic acids is 1. The molecular weight excluding hydrogens is 439 g/mol. The van der Waals surface area contributed by atoms with Gasteiger partial charge in [0.05, 0.1) is 19.4 Å². The summed E-state index contributed by atoms with van der Waals surface area (Å²) in [6.07, 6.45) is 4.32. The van der Waals surface area contributed by atoms with E-state index in [9.17, 15) is 9.18 Å². The van der Waals surface area contributed by atoms with Crippen LogP contribution >= 0.6 is 11.9 Å². The SMILES string of the molecule is CCN1CCCC(Cc2cc(F)ccc2SNc2ccc3c(c2C(=O)OC)OCC2CC32)C1. The first kappa shape index (κ1) is 22.5. The van der Waals surface area contributed by atoms with Crippen molar-refractivity contribution in [3.63, 3.8) is 0 Å². The fourth-order valence-corrected chi connectivity index (χ4v) is 6.07. The number of ether oxygens (including phenoxy) is 2. The predicted molar refractivity (Wildman–Crippen MR) is 129 cm³/mol. The van der Waals surface area contributed by atoms with Gasteiger partial charge in [0.25, 0.3) is 0 Å². The maximum atomic E-state index is 14.1. The third kappa shape index (κ3) is 4.71. The van der Waals surface area contributed by atoms with Crippen LogP contribution in [0.1, 0.15) is 53.6 Å². The van der Waals surface area contributed by atoms with E-state index in [0.717, 1.165) is 48.5 Å². The molecule has 0 aromatic heterocycles. The molecule has 2 aromatic carbocycles. The minimum absolute atomic E-state index is 0.214. The molecule has 3 atom stereocenters. The van der Waals surface area contributed by atoms with Crippen molar-refractivity contribution in [2.45, 2.75) is 43.4 Å². The van der Waals surface area contributed by atoms with Crippen LogP contribution in [0.5, 0.6) is 5.75 Å². The van der Waals surface area contributed by atoms with E-state index in [1.807, 2.05) is 12.1 Å². The zero-order valence-corrected chi connectivity index (χ0v) is 20.1. The van der Waals surface area contributed by atoms with Crippen LogP contribution in [0.2, 0.25) is 0 Å². The van der Waals surface area contributed by atoms with Crippen LogP contribution in [0.25, 0.3) is 0 Å². The zero-order valence-electron chi connectivity index (χ0n) is 19.2. The Kier molecular flexibility index (Phi) is 6.52. The highest BCUT2D eigenvalue weighted by Crippen LogP contribution is 2.55. The molecule has 2 fully saturated rings. The van der Waals surface area contributed by atoms with E-state index in [0.29, 0.717) is 41.4 Å². The molecule has 2 aromatic rings. The lowest BCUT2D eigenvalue weighted by atomic mass is 9.91. The monoisotopic (exact) mass is 470 g/mol. The molecule has 176 valence electrons. The van der Waals surface area contributed by atoms with E-state index in [4.69, 9.17) is 9.47 Å². The van der Waals surface area contributed by atoms with Gasteiger partial charge in [0.1, 0.15) is 17.1 Å². The molecule has 0 radical (unpaired) electrons. The molecule has 1 saturated carbocycles. The van der Waals surface area contributed by atoms with Gasteiger partial charge in [-0.3, -0.25) is 0 Å². The Balaban J connectivity index is 1.37. The molecule has 2 aliphatic heterocycles. The second kappa shape index (κ2) is 9.55. The highest BCUT2D eigenvalue weighted by Gasteiger charge is 2.45. The van der Waals surface area contributed by atoms with Crippen molar-refractivity contribution >= 4 is 23.6 Å². The van der Waals surface area contributed by atoms with Crippen LogP contribution in [-0.4, -0.2) is 44.2 Å². The van der Waals surface area contributed by atoms with Crippen molar-refractivity contribution in [1.82, 2.24) is 4.90 Å². The number of hydrogen-bond donors (Lipinski definition) is 1. The number of carbonyl (C=O) groups is 1. The molecule has 1 saturated heterocycles. The van der Waals surface area contributed by atoms with Crippen molar-refractivity contribution in [2.75, 3.05) is 38.1 Å². The van der Waals surface area contributed by atoms with Crippen molar-refractivity contribution in [1.29, 1.82) is 0 Å². The van der Waals surface area contributed by atoms with Crippen molar-refractivity contribution in [2.24, 2.45) is 11.8 Å². The normalized spacial score (nSPS) is 23.8. The van der Waals surface area contributed by atoms with Gasteiger partial charge in [-0.1, -0.05) is 13.0 Å². The Morgan fingerprint density at radius 3 is 3.03 bits per heavy atom. The zero-order chi connectivity index (χ0) is 22.9. The molecule has 33 heavy (non-hydrogen) atoms. The van der Waals surface area contributed by atoms with Gasteiger partial charge in [0, 0.05) is 17.4 Å².